The average Bonchev–Trinajstić information content (AvgIpc) is 2.23. The Morgan fingerprint density at radius 1 is 1.27 bits per heavy atom. The van der Waals surface area contributed by atoms with Crippen LogP contribution in [0, 0.1) is 6.92 Å². The highest BCUT2D eigenvalue weighted by Gasteiger charge is 1.97. The predicted molar refractivity (Wildman–Crippen MR) is 73.9 cm³/mol. The molecule has 84 valence electrons. The third kappa shape index (κ3) is 4.85. The molecule has 1 aromatic rings. The van der Waals surface area contributed by atoms with E-state index in [4.69, 9.17) is 5.73 Å². The molecule has 0 saturated carbocycles. The van der Waals surface area contributed by atoms with Crippen LogP contribution in [0.25, 0.3) is 0 Å². The summed E-state index contributed by atoms with van der Waals surface area (Å²) in [4.78, 5) is 1.34. The van der Waals surface area contributed by atoms with Crippen LogP contribution in [0.1, 0.15) is 18.9 Å². The molecule has 0 bridgehead atoms. The molecule has 0 heterocycles. The summed E-state index contributed by atoms with van der Waals surface area (Å²) in [5, 5.41) is 0. The number of thioether (sulfide) groups is 2. The second kappa shape index (κ2) is 7.07. The van der Waals surface area contributed by atoms with E-state index in [0.717, 1.165) is 5.69 Å². The minimum absolute atomic E-state index is 0.890. The topological polar surface area (TPSA) is 26.0 Å². The van der Waals surface area contributed by atoms with Gasteiger partial charge in [-0.3, -0.25) is 0 Å². The van der Waals surface area contributed by atoms with Gasteiger partial charge in [0.25, 0.3) is 0 Å². The molecule has 0 spiro atoms. The SMILES string of the molecule is CCSCCCSc1ccc(N)c(C)c1. The number of nitrogens with two attached hydrogens (primary N) is 1. The Morgan fingerprint density at radius 3 is 2.73 bits per heavy atom. The Balaban J connectivity index is 2.28. The van der Waals surface area contributed by atoms with Crippen molar-refractivity contribution in [2.45, 2.75) is 25.2 Å². The fraction of sp³-hybridized carbons (Fsp3) is 0.500. The molecule has 3 heteroatoms. The van der Waals surface area contributed by atoms with Gasteiger partial charge < -0.3 is 5.73 Å². The van der Waals surface area contributed by atoms with Gasteiger partial charge >= 0.3 is 0 Å². The van der Waals surface area contributed by atoms with Gasteiger partial charge in [-0.05, 0) is 54.4 Å². The normalized spacial score (nSPS) is 10.5. The van der Waals surface area contributed by atoms with E-state index >= 15 is 0 Å². The molecule has 1 rings (SSSR count). The molecule has 0 radical (unpaired) electrons. The molecule has 0 amide bonds. The summed E-state index contributed by atoms with van der Waals surface area (Å²) in [5.74, 6) is 3.71. The van der Waals surface area contributed by atoms with E-state index in [9.17, 15) is 0 Å². The van der Waals surface area contributed by atoms with Crippen molar-refractivity contribution >= 4 is 29.2 Å². The molecule has 2 N–H and O–H groups in total. The van der Waals surface area contributed by atoms with E-state index in [1.54, 1.807) is 0 Å². The van der Waals surface area contributed by atoms with E-state index in [2.05, 4.69) is 26.0 Å². The second-order valence-corrected chi connectivity index (χ2v) is 5.98. The van der Waals surface area contributed by atoms with Crippen LogP contribution in [0.2, 0.25) is 0 Å². The lowest BCUT2D eigenvalue weighted by Crippen LogP contribution is -1.89. The first-order valence-corrected chi connectivity index (χ1v) is 7.44. The molecule has 1 nitrogen and oxygen atoms in total. The van der Waals surface area contributed by atoms with Crippen LogP contribution >= 0.6 is 23.5 Å². The molecule has 1 aromatic carbocycles. The van der Waals surface area contributed by atoms with E-state index < -0.39 is 0 Å². The monoisotopic (exact) mass is 241 g/mol. The van der Waals surface area contributed by atoms with E-state index in [1.807, 2.05) is 29.6 Å². The largest absolute Gasteiger partial charge is 0.399 e. The highest BCUT2D eigenvalue weighted by molar-refractivity contribution is 8.00. The third-order valence-electron chi connectivity index (χ3n) is 2.15. The lowest BCUT2D eigenvalue weighted by Gasteiger charge is -2.04. The zero-order valence-corrected chi connectivity index (χ0v) is 11.1. The summed E-state index contributed by atoms with van der Waals surface area (Å²) in [5.41, 5.74) is 7.84. The molecule has 0 saturated heterocycles. The van der Waals surface area contributed by atoms with Crippen molar-refractivity contribution in [1.29, 1.82) is 0 Å². The summed E-state index contributed by atoms with van der Waals surface area (Å²) in [7, 11) is 0. The molecule has 0 aliphatic rings. The van der Waals surface area contributed by atoms with Gasteiger partial charge in [-0.1, -0.05) is 6.92 Å². The van der Waals surface area contributed by atoms with Crippen molar-refractivity contribution in [3.8, 4) is 0 Å². The number of benzene rings is 1. The molecule has 0 aromatic heterocycles. The summed E-state index contributed by atoms with van der Waals surface area (Å²) in [6.07, 6.45) is 1.28. The second-order valence-electron chi connectivity index (χ2n) is 3.42. The number of hydrogen-bond acceptors (Lipinski definition) is 3. The van der Waals surface area contributed by atoms with Crippen molar-refractivity contribution in [2.24, 2.45) is 0 Å². The van der Waals surface area contributed by atoms with Crippen molar-refractivity contribution in [3.05, 3.63) is 23.8 Å². The highest BCUT2D eigenvalue weighted by Crippen LogP contribution is 2.23. The van der Waals surface area contributed by atoms with Gasteiger partial charge in [0.05, 0.1) is 0 Å². The lowest BCUT2D eigenvalue weighted by molar-refractivity contribution is 1.12. The maximum absolute atomic E-state index is 5.77. The Kier molecular flexibility index (Phi) is 6.03. The standard InChI is InChI=1S/C12H19NS2/c1-3-14-7-4-8-15-11-5-6-12(13)10(2)9-11/h5-6,9H,3-4,7-8,13H2,1-2H3. The quantitative estimate of drug-likeness (QED) is 0.466. The predicted octanol–water partition coefficient (Wildman–Crippen LogP) is 3.81. The van der Waals surface area contributed by atoms with Crippen LogP contribution in [0.15, 0.2) is 23.1 Å². The third-order valence-corrected chi connectivity index (χ3v) is 4.21. The maximum atomic E-state index is 5.77. The summed E-state index contributed by atoms with van der Waals surface area (Å²) < 4.78 is 0. The van der Waals surface area contributed by atoms with Crippen LogP contribution in [0.3, 0.4) is 0 Å². The smallest absolute Gasteiger partial charge is 0.0344 e. The first kappa shape index (κ1) is 12.8. The summed E-state index contributed by atoms with van der Waals surface area (Å²) >= 11 is 3.94. The highest BCUT2D eigenvalue weighted by atomic mass is 32.2. The maximum Gasteiger partial charge on any atom is 0.0344 e. The average molecular weight is 241 g/mol. The van der Waals surface area contributed by atoms with Gasteiger partial charge in [-0.25, -0.2) is 0 Å². The molecule has 0 fully saturated rings. The molecule has 0 atom stereocenters. The Morgan fingerprint density at radius 2 is 2.07 bits per heavy atom. The molecule has 0 unspecified atom stereocenters. The number of nitrogen functional groups attached to an aromatic ring is 1. The molecule has 0 aliphatic carbocycles. The minimum atomic E-state index is 0.890. The fourth-order valence-corrected chi connectivity index (χ4v) is 3.00. The van der Waals surface area contributed by atoms with Gasteiger partial charge in [0.1, 0.15) is 0 Å². The molecule has 0 aliphatic heterocycles. The molecule has 15 heavy (non-hydrogen) atoms. The van der Waals surface area contributed by atoms with Gasteiger partial charge in [-0.2, -0.15) is 11.8 Å². The van der Waals surface area contributed by atoms with Gasteiger partial charge in [0, 0.05) is 10.6 Å². The Labute approximate surface area is 101 Å². The van der Waals surface area contributed by atoms with Crippen molar-refractivity contribution in [1.82, 2.24) is 0 Å². The van der Waals surface area contributed by atoms with Crippen LogP contribution in [-0.2, 0) is 0 Å². The number of hydrogen-bond donors (Lipinski definition) is 1. The first-order valence-electron chi connectivity index (χ1n) is 5.30. The van der Waals surface area contributed by atoms with Crippen LogP contribution in [0.4, 0.5) is 5.69 Å². The minimum Gasteiger partial charge on any atom is -0.399 e. The van der Waals surface area contributed by atoms with Gasteiger partial charge in [-0.15, -0.1) is 11.8 Å². The zero-order chi connectivity index (χ0) is 11.1. The van der Waals surface area contributed by atoms with Crippen LogP contribution in [0.5, 0.6) is 0 Å². The molecular formula is C12H19NS2. The van der Waals surface area contributed by atoms with Crippen LogP contribution < -0.4 is 5.73 Å². The van der Waals surface area contributed by atoms with E-state index in [-0.39, 0.29) is 0 Å². The zero-order valence-electron chi connectivity index (χ0n) is 9.45. The van der Waals surface area contributed by atoms with Crippen molar-refractivity contribution in [3.63, 3.8) is 0 Å². The lowest BCUT2D eigenvalue weighted by atomic mass is 10.2. The van der Waals surface area contributed by atoms with Gasteiger partial charge in [0.15, 0.2) is 0 Å². The molecular weight excluding hydrogens is 222 g/mol. The summed E-state index contributed by atoms with van der Waals surface area (Å²) in [6.45, 7) is 4.27. The Hall–Kier alpha value is -0.280. The van der Waals surface area contributed by atoms with E-state index in [1.165, 1.54) is 34.1 Å². The van der Waals surface area contributed by atoms with Crippen molar-refractivity contribution in [2.75, 3.05) is 23.0 Å². The number of aryl methyl sites for hydroxylation is 1. The fourth-order valence-electron chi connectivity index (χ4n) is 1.23. The number of rotatable bonds is 6. The van der Waals surface area contributed by atoms with Gasteiger partial charge in [0.2, 0.25) is 0 Å². The number of anilines is 1. The van der Waals surface area contributed by atoms with E-state index in [0.29, 0.717) is 0 Å². The summed E-state index contributed by atoms with van der Waals surface area (Å²) in [6, 6.07) is 6.28. The van der Waals surface area contributed by atoms with Crippen molar-refractivity contribution < 1.29 is 0 Å². The van der Waals surface area contributed by atoms with Crippen LogP contribution in [-0.4, -0.2) is 17.3 Å². The first-order chi connectivity index (χ1) is 7.24. The Bertz CT molecular complexity index is 300.